The number of hydrogen-bond donors (Lipinski definition) is 1. The molecule has 2 aromatic carbocycles. The molecule has 0 saturated carbocycles. The van der Waals surface area contributed by atoms with Gasteiger partial charge in [-0.2, -0.15) is 0 Å². The lowest BCUT2D eigenvalue weighted by Crippen LogP contribution is -2.10. The minimum Gasteiger partial charge on any atom is -0.497 e. The molecule has 2 heterocycles. The van der Waals surface area contributed by atoms with Crippen LogP contribution in [0.4, 0.5) is 5.13 Å². The first kappa shape index (κ1) is 19.5. The second-order valence-electron chi connectivity index (χ2n) is 5.72. The Balaban J connectivity index is 1.60. The standard InChI is InChI=1S/C19H11Cl3N2O2S2/c1-26-10-3-5-15-12(7-10)16(22)17(28-15)18(25)24-19-23-14(8-27-19)11-4-2-9(20)6-13(11)21/h2-8H,1H3,(H,23,24,25). The molecule has 1 amide bonds. The van der Waals surface area contributed by atoms with E-state index < -0.39 is 0 Å². The van der Waals surface area contributed by atoms with E-state index in [2.05, 4.69) is 10.3 Å². The maximum absolute atomic E-state index is 12.7. The molecule has 4 nitrogen and oxygen atoms in total. The van der Waals surface area contributed by atoms with Gasteiger partial charge in [-0.3, -0.25) is 10.1 Å². The molecule has 0 atom stereocenters. The summed E-state index contributed by atoms with van der Waals surface area (Å²) in [6.07, 6.45) is 0. The van der Waals surface area contributed by atoms with Crippen molar-refractivity contribution in [2.75, 3.05) is 12.4 Å². The van der Waals surface area contributed by atoms with E-state index in [1.165, 1.54) is 22.7 Å². The third kappa shape index (κ3) is 3.71. The van der Waals surface area contributed by atoms with Crippen molar-refractivity contribution < 1.29 is 9.53 Å². The highest BCUT2D eigenvalue weighted by molar-refractivity contribution is 7.22. The predicted molar refractivity (Wildman–Crippen MR) is 119 cm³/mol. The third-order valence-electron chi connectivity index (χ3n) is 3.97. The number of carbonyl (C=O) groups is 1. The van der Waals surface area contributed by atoms with Crippen molar-refractivity contribution in [2.24, 2.45) is 0 Å². The average molecular weight is 470 g/mol. The molecule has 0 bridgehead atoms. The van der Waals surface area contributed by atoms with Crippen LogP contribution in [0, 0.1) is 0 Å². The van der Waals surface area contributed by atoms with Gasteiger partial charge in [0.15, 0.2) is 5.13 Å². The highest BCUT2D eigenvalue weighted by atomic mass is 35.5. The Morgan fingerprint density at radius 3 is 2.71 bits per heavy atom. The minimum absolute atomic E-state index is 0.312. The van der Waals surface area contributed by atoms with E-state index in [-0.39, 0.29) is 5.91 Å². The summed E-state index contributed by atoms with van der Waals surface area (Å²) in [5.74, 6) is 0.372. The zero-order valence-electron chi connectivity index (χ0n) is 14.3. The number of anilines is 1. The number of rotatable bonds is 4. The van der Waals surface area contributed by atoms with E-state index in [9.17, 15) is 4.79 Å². The quantitative estimate of drug-likeness (QED) is 0.342. The minimum atomic E-state index is -0.312. The molecule has 4 aromatic rings. The molecule has 0 aliphatic heterocycles. The topological polar surface area (TPSA) is 51.2 Å². The SMILES string of the molecule is COc1ccc2sc(C(=O)Nc3nc(-c4ccc(Cl)cc4Cl)cs3)c(Cl)c2c1. The number of nitrogens with one attached hydrogen (secondary N) is 1. The molecule has 0 spiro atoms. The Labute approximate surface area is 183 Å². The van der Waals surface area contributed by atoms with Crippen molar-refractivity contribution in [2.45, 2.75) is 0 Å². The van der Waals surface area contributed by atoms with E-state index in [0.29, 0.717) is 36.5 Å². The first-order valence-electron chi connectivity index (χ1n) is 7.94. The van der Waals surface area contributed by atoms with Gasteiger partial charge in [0.25, 0.3) is 5.91 Å². The second kappa shape index (κ2) is 7.89. The van der Waals surface area contributed by atoms with Crippen LogP contribution < -0.4 is 10.1 Å². The maximum Gasteiger partial charge on any atom is 0.269 e. The summed E-state index contributed by atoms with van der Waals surface area (Å²) < 4.78 is 6.13. The van der Waals surface area contributed by atoms with Crippen molar-refractivity contribution in [1.29, 1.82) is 0 Å². The van der Waals surface area contributed by atoms with Crippen LogP contribution in [0.3, 0.4) is 0 Å². The lowest BCUT2D eigenvalue weighted by atomic mass is 10.2. The molecule has 0 aliphatic rings. The number of nitrogens with zero attached hydrogens (tertiary/aromatic N) is 1. The van der Waals surface area contributed by atoms with Crippen LogP contribution in [-0.2, 0) is 0 Å². The summed E-state index contributed by atoms with van der Waals surface area (Å²) in [6, 6.07) is 10.7. The Bertz CT molecular complexity index is 1200. The van der Waals surface area contributed by atoms with Gasteiger partial charge in [0.1, 0.15) is 10.6 Å². The molecular formula is C19H11Cl3N2O2S2. The van der Waals surface area contributed by atoms with Crippen molar-refractivity contribution in [3.63, 3.8) is 0 Å². The number of thiophene rings is 1. The maximum atomic E-state index is 12.7. The number of halogens is 3. The van der Waals surface area contributed by atoms with Crippen LogP contribution in [0.5, 0.6) is 5.75 Å². The van der Waals surface area contributed by atoms with Gasteiger partial charge in [0.05, 0.1) is 22.8 Å². The lowest BCUT2D eigenvalue weighted by molar-refractivity contribution is 0.103. The molecule has 28 heavy (non-hydrogen) atoms. The average Bonchev–Trinajstić information content (AvgIpc) is 3.26. The Kier molecular flexibility index (Phi) is 5.49. The smallest absolute Gasteiger partial charge is 0.269 e. The Morgan fingerprint density at radius 1 is 1.14 bits per heavy atom. The van der Waals surface area contributed by atoms with Crippen LogP contribution in [-0.4, -0.2) is 18.0 Å². The van der Waals surface area contributed by atoms with Crippen molar-refractivity contribution in [1.82, 2.24) is 4.98 Å². The van der Waals surface area contributed by atoms with Crippen molar-refractivity contribution >= 4 is 78.6 Å². The monoisotopic (exact) mass is 468 g/mol. The number of amides is 1. The van der Waals surface area contributed by atoms with E-state index in [1.54, 1.807) is 25.3 Å². The zero-order chi connectivity index (χ0) is 19.8. The third-order valence-corrected chi connectivity index (χ3v) is 6.95. The molecule has 0 radical (unpaired) electrons. The van der Waals surface area contributed by atoms with E-state index in [4.69, 9.17) is 39.5 Å². The zero-order valence-corrected chi connectivity index (χ0v) is 18.2. The van der Waals surface area contributed by atoms with Gasteiger partial charge < -0.3 is 4.74 Å². The van der Waals surface area contributed by atoms with E-state index >= 15 is 0 Å². The molecule has 4 rings (SSSR count). The molecule has 0 unspecified atom stereocenters. The summed E-state index contributed by atoms with van der Waals surface area (Å²) in [5, 5.41) is 7.31. The molecule has 1 N–H and O–H groups in total. The number of benzene rings is 2. The Morgan fingerprint density at radius 2 is 1.96 bits per heavy atom. The molecule has 0 fully saturated rings. The van der Waals surface area contributed by atoms with Crippen LogP contribution in [0.15, 0.2) is 41.8 Å². The van der Waals surface area contributed by atoms with Gasteiger partial charge in [-0.15, -0.1) is 22.7 Å². The molecule has 9 heteroatoms. The van der Waals surface area contributed by atoms with E-state index in [0.717, 1.165) is 15.6 Å². The number of aromatic nitrogens is 1. The van der Waals surface area contributed by atoms with Gasteiger partial charge in [0.2, 0.25) is 0 Å². The summed E-state index contributed by atoms with van der Waals surface area (Å²) in [5.41, 5.74) is 1.41. The van der Waals surface area contributed by atoms with Gasteiger partial charge >= 0.3 is 0 Å². The molecular weight excluding hydrogens is 459 g/mol. The van der Waals surface area contributed by atoms with Gasteiger partial charge in [-0.25, -0.2) is 4.98 Å². The fraction of sp³-hybridized carbons (Fsp3) is 0.0526. The summed E-state index contributed by atoms with van der Waals surface area (Å²) in [7, 11) is 1.59. The van der Waals surface area contributed by atoms with E-state index in [1.807, 2.05) is 23.6 Å². The first-order valence-corrected chi connectivity index (χ1v) is 10.8. The van der Waals surface area contributed by atoms with Crippen molar-refractivity contribution in [3.8, 4) is 17.0 Å². The van der Waals surface area contributed by atoms with Crippen LogP contribution in [0.25, 0.3) is 21.3 Å². The number of carbonyl (C=O) groups excluding carboxylic acids is 1. The Hall–Kier alpha value is -1.83. The van der Waals surface area contributed by atoms with Gasteiger partial charge in [-0.05, 0) is 36.4 Å². The first-order chi connectivity index (χ1) is 13.5. The molecule has 2 aromatic heterocycles. The summed E-state index contributed by atoms with van der Waals surface area (Å²) in [6.45, 7) is 0. The number of hydrogen-bond acceptors (Lipinski definition) is 5. The normalized spacial score (nSPS) is 11.0. The fourth-order valence-electron chi connectivity index (χ4n) is 2.63. The van der Waals surface area contributed by atoms with Gasteiger partial charge in [0, 0.05) is 26.1 Å². The summed E-state index contributed by atoms with van der Waals surface area (Å²) in [4.78, 5) is 17.6. The number of ether oxygens (including phenoxy) is 1. The predicted octanol–water partition coefficient (Wildman–Crippen LogP) is 7.25. The lowest BCUT2D eigenvalue weighted by Gasteiger charge is -2.02. The number of methoxy groups -OCH3 is 1. The second-order valence-corrected chi connectivity index (χ2v) is 8.86. The van der Waals surface area contributed by atoms with Gasteiger partial charge in [-0.1, -0.05) is 34.8 Å². The fourth-order valence-corrected chi connectivity index (χ4v) is 5.22. The highest BCUT2D eigenvalue weighted by Gasteiger charge is 2.19. The van der Waals surface area contributed by atoms with Crippen LogP contribution in [0.1, 0.15) is 9.67 Å². The molecule has 0 aliphatic carbocycles. The highest BCUT2D eigenvalue weighted by Crippen LogP contribution is 2.38. The van der Waals surface area contributed by atoms with Crippen LogP contribution in [0.2, 0.25) is 15.1 Å². The molecule has 142 valence electrons. The number of thiazole rings is 1. The van der Waals surface area contributed by atoms with Crippen LogP contribution >= 0.6 is 57.5 Å². The molecule has 0 saturated heterocycles. The number of fused-ring (bicyclic) bond motifs is 1. The largest absolute Gasteiger partial charge is 0.497 e. The van der Waals surface area contributed by atoms with Crippen molar-refractivity contribution in [3.05, 3.63) is 61.7 Å². The summed E-state index contributed by atoms with van der Waals surface area (Å²) >= 11 is 21.2.